The smallest absolute Gasteiger partial charge is 0.00132 e. The molecule has 0 radical (unpaired) electrons. The molecule has 0 aromatic heterocycles. The third-order valence-electron chi connectivity index (χ3n) is 4.26. The summed E-state index contributed by atoms with van der Waals surface area (Å²) in [5.41, 5.74) is 10.1. The van der Waals surface area contributed by atoms with Crippen molar-refractivity contribution in [1.82, 2.24) is 0 Å². The van der Waals surface area contributed by atoms with Crippen molar-refractivity contribution >= 4 is 5.57 Å². The van der Waals surface area contributed by atoms with Crippen LogP contribution in [0.1, 0.15) is 28.7 Å². The Bertz CT molecular complexity index is 730. The minimum atomic E-state index is 1.08. The second-order valence-corrected chi connectivity index (χ2v) is 5.48. The Kier molecular flexibility index (Phi) is 2.25. The van der Waals surface area contributed by atoms with Gasteiger partial charge in [0, 0.05) is 0 Å². The zero-order valence-electron chi connectivity index (χ0n) is 11.1. The molecule has 0 bridgehead atoms. The monoisotopic (exact) mass is 244 g/mol. The summed E-state index contributed by atoms with van der Waals surface area (Å²) in [6.45, 7) is 2.23. The Labute approximate surface area is 114 Å². The van der Waals surface area contributed by atoms with Gasteiger partial charge in [0.2, 0.25) is 0 Å². The first-order chi connectivity index (χ1) is 9.33. The first kappa shape index (κ1) is 10.8. The van der Waals surface area contributed by atoms with Gasteiger partial charge in [0.15, 0.2) is 0 Å². The molecule has 2 aromatic rings. The van der Waals surface area contributed by atoms with Crippen LogP contribution in [-0.2, 0) is 6.42 Å². The van der Waals surface area contributed by atoms with Gasteiger partial charge in [-0.15, -0.1) is 0 Å². The van der Waals surface area contributed by atoms with Crippen molar-refractivity contribution in [1.29, 1.82) is 0 Å². The van der Waals surface area contributed by atoms with Gasteiger partial charge in [0.25, 0.3) is 0 Å². The molecule has 0 heteroatoms. The standard InChI is InChI=1S/C19H16/c1-13-10-19-16(11-15-8-4-5-9-17(15)19)12-18(13)14-6-2-3-7-14/h2-6,8-10,12H,7,11H2,1H3. The average molecular weight is 244 g/mol. The van der Waals surface area contributed by atoms with E-state index in [0.29, 0.717) is 0 Å². The summed E-state index contributed by atoms with van der Waals surface area (Å²) in [5, 5.41) is 0. The number of benzene rings is 2. The van der Waals surface area contributed by atoms with E-state index < -0.39 is 0 Å². The van der Waals surface area contributed by atoms with Crippen LogP contribution in [-0.4, -0.2) is 0 Å². The Morgan fingerprint density at radius 1 is 0.895 bits per heavy atom. The van der Waals surface area contributed by atoms with E-state index >= 15 is 0 Å². The SMILES string of the molecule is Cc1cc2c(cc1C1=CC=CC1)Cc1ccccc1-2. The molecule has 92 valence electrons. The highest BCUT2D eigenvalue weighted by Gasteiger charge is 2.20. The zero-order valence-corrected chi connectivity index (χ0v) is 11.1. The highest BCUT2D eigenvalue weighted by atomic mass is 14.2. The fourth-order valence-electron chi connectivity index (χ4n) is 3.29. The first-order valence-electron chi connectivity index (χ1n) is 6.91. The molecule has 0 heterocycles. The molecule has 2 aromatic carbocycles. The van der Waals surface area contributed by atoms with E-state index in [2.05, 4.69) is 61.5 Å². The van der Waals surface area contributed by atoms with Gasteiger partial charge in [-0.3, -0.25) is 0 Å². The summed E-state index contributed by atoms with van der Waals surface area (Å²) < 4.78 is 0. The van der Waals surface area contributed by atoms with Crippen molar-refractivity contribution in [3.8, 4) is 11.1 Å². The van der Waals surface area contributed by atoms with Gasteiger partial charge < -0.3 is 0 Å². The summed E-state index contributed by atoms with van der Waals surface area (Å²) >= 11 is 0. The molecule has 0 unspecified atom stereocenters. The summed E-state index contributed by atoms with van der Waals surface area (Å²) in [6, 6.07) is 13.6. The van der Waals surface area contributed by atoms with Crippen LogP contribution in [0.25, 0.3) is 16.7 Å². The fraction of sp³-hybridized carbons (Fsp3) is 0.158. The highest BCUT2D eigenvalue weighted by Crippen LogP contribution is 2.39. The molecule has 0 atom stereocenters. The second-order valence-electron chi connectivity index (χ2n) is 5.48. The maximum Gasteiger partial charge on any atom is -0.00132 e. The third-order valence-corrected chi connectivity index (χ3v) is 4.26. The number of fused-ring (bicyclic) bond motifs is 3. The van der Waals surface area contributed by atoms with Crippen LogP contribution in [0.2, 0.25) is 0 Å². The third kappa shape index (κ3) is 1.60. The molecule has 0 N–H and O–H groups in total. The Balaban J connectivity index is 1.88. The number of allylic oxidation sites excluding steroid dienone is 4. The van der Waals surface area contributed by atoms with Gasteiger partial charge in [0.1, 0.15) is 0 Å². The summed E-state index contributed by atoms with van der Waals surface area (Å²) in [7, 11) is 0. The van der Waals surface area contributed by atoms with Gasteiger partial charge in [-0.2, -0.15) is 0 Å². The van der Waals surface area contributed by atoms with Crippen LogP contribution in [0.4, 0.5) is 0 Å². The van der Waals surface area contributed by atoms with E-state index in [1.165, 1.54) is 39.0 Å². The van der Waals surface area contributed by atoms with Gasteiger partial charge in [0.05, 0.1) is 0 Å². The molecule has 0 nitrogen and oxygen atoms in total. The molecule has 0 aliphatic heterocycles. The molecule has 2 aliphatic rings. The number of aryl methyl sites for hydroxylation is 1. The van der Waals surface area contributed by atoms with Crippen LogP contribution in [0, 0.1) is 6.92 Å². The molecule has 19 heavy (non-hydrogen) atoms. The predicted octanol–water partition coefficient (Wildman–Crippen LogP) is 4.91. The van der Waals surface area contributed by atoms with E-state index in [0.717, 1.165) is 12.8 Å². The average Bonchev–Trinajstić information content (AvgIpc) is 3.04. The second kappa shape index (κ2) is 3.96. The Morgan fingerprint density at radius 3 is 2.63 bits per heavy atom. The maximum absolute atomic E-state index is 2.41. The van der Waals surface area contributed by atoms with Crippen molar-refractivity contribution in [2.45, 2.75) is 19.8 Å². The molecule has 0 saturated carbocycles. The summed E-state index contributed by atoms with van der Waals surface area (Å²) in [5.74, 6) is 0. The largest absolute Gasteiger partial charge is 0.0801 e. The van der Waals surface area contributed by atoms with Gasteiger partial charge >= 0.3 is 0 Å². The number of rotatable bonds is 1. The van der Waals surface area contributed by atoms with Crippen LogP contribution in [0.5, 0.6) is 0 Å². The quantitative estimate of drug-likeness (QED) is 0.570. The van der Waals surface area contributed by atoms with E-state index in [-0.39, 0.29) is 0 Å². The van der Waals surface area contributed by atoms with E-state index in [1.54, 1.807) is 0 Å². The Morgan fingerprint density at radius 2 is 1.79 bits per heavy atom. The van der Waals surface area contributed by atoms with Gasteiger partial charge in [-0.1, -0.05) is 54.6 Å². The lowest BCUT2D eigenvalue weighted by molar-refractivity contribution is 1.24. The van der Waals surface area contributed by atoms with Crippen molar-refractivity contribution in [2.75, 3.05) is 0 Å². The highest BCUT2D eigenvalue weighted by molar-refractivity contribution is 5.82. The number of hydrogen-bond acceptors (Lipinski definition) is 0. The topological polar surface area (TPSA) is 0 Å². The van der Waals surface area contributed by atoms with Crippen molar-refractivity contribution in [3.63, 3.8) is 0 Å². The van der Waals surface area contributed by atoms with Crippen molar-refractivity contribution < 1.29 is 0 Å². The van der Waals surface area contributed by atoms with E-state index in [4.69, 9.17) is 0 Å². The molecule has 0 amide bonds. The summed E-state index contributed by atoms with van der Waals surface area (Å²) in [6.07, 6.45) is 8.80. The minimum Gasteiger partial charge on any atom is -0.0801 e. The molecule has 0 fully saturated rings. The lowest BCUT2D eigenvalue weighted by Crippen LogP contribution is -1.91. The van der Waals surface area contributed by atoms with Crippen LogP contribution >= 0.6 is 0 Å². The Hall–Kier alpha value is -2.08. The maximum atomic E-state index is 2.41. The normalized spacial score (nSPS) is 15.3. The van der Waals surface area contributed by atoms with Crippen molar-refractivity contribution in [3.05, 3.63) is 76.9 Å². The molecular formula is C19H16. The minimum absolute atomic E-state index is 1.08. The molecule has 0 spiro atoms. The fourth-order valence-corrected chi connectivity index (χ4v) is 3.29. The zero-order chi connectivity index (χ0) is 12.8. The van der Waals surface area contributed by atoms with Crippen LogP contribution in [0.3, 0.4) is 0 Å². The van der Waals surface area contributed by atoms with Gasteiger partial charge in [-0.25, -0.2) is 0 Å². The first-order valence-corrected chi connectivity index (χ1v) is 6.91. The summed E-state index contributed by atoms with van der Waals surface area (Å²) in [4.78, 5) is 0. The van der Waals surface area contributed by atoms with Crippen LogP contribution < -0.4 is 0 Å². The molecule has 0 saturated heterocycles. The molecule has 2 aliphatic carbocycles. The lowest BCUT2D eigenvalue weighted by Gasteiger charge is -2.11. The number of hydrogen-bond donors (Lipinski definition) is 0. The van der Waals surface area contributed by atoms with E-state index in [1.807, 2.05) is 0 Å². The molecule has 4 rings (SSSR count). The predicted molar refractivity (Wildman–Crippen MR) is 81.2 cm³/mol. The van der Waals surface area contributed by atoms with Gasteiger partial charge in [-0.05, 0) is 58.7 Å². The van der Waals surface area contributed by atoms with Crippen molar-refractivity contribution in [2.24, 2.45) is 0 Å². The molecular weight excluding hydrogens is 228 g/mol. The van der Waals surface area contributed by atoms with E-state index in [9.17, 15) is 0 Å². The van der Waals surface area contributed by atoms with Crippen LogP contribution in [0.15, 0.2) is 54.6 Å². The lowest BCUT2D eigenvalue weighted by atomic mass is 9.94.